The van der Waals surface area contributed by atoms with Gasteiger partial charge in [-0.1, -0.05) is 0 Å². The predicted molar refractivity (Wildman–Crippen MR) is 133 cm³/mol. The average Bonchev–Trinajstić information content (AvgIpc) is 3.31. The molecule has 3 rings (SSSR count). The minimum Gasteiger partial charge on any atom is -0.497 e. The maximum atomic E-state index is 13.2. The highest BCUT2D eigenvalue weighted by molar-refractivity contribution is 7.14. The zero-order chi connectivity index (χ0) is 25.6. The predicted octanol–water partition coefficient (Wildman–Crippen LogP) is 4.42. The smallest absolute Gasteiger partial charge is 0.408 e. The van der Waals surface area contributed by atoms with E-state index in [0.29, 0.717) is 33.9 Å². The number of nitrogens with zero attached hydrogens (tertiary/aromatic N) is 3. The van der Waals surface area contributed by atoms with E-state index >= 15 is 0 Å². The van der Waals surface area contributed by atoms with Crippen molar-refractivity contribution in [2.24, 2.45) is 0 Å². The summed E-state index contributed by atoms with van der Waals surface area (Å²) in [5.74, 6) is 1.20. The zero-order valence-corrected chi connectivity index (χ0v) is 21.3. The second-order valence-corrected chi connectivity index (χ2v) is 9.06. The van der Waals surface area contributed by atoms with E-state index in [0.717, 1.165) is 5.56 Å². The third-order valence-corrected chi connectivity index (χ3v) is 5.41. The standard InChI is InChI=1S/C24H28N4O6S/c1-24(2,3)34-23(30)26-13-21(29)28(15-7-10-20(33-6)25-12-15)22-27-18(14-35-22)17-9-8-16(31-4)11-19(17)32-5/h7-12,14H,13H2,1-6H3,(H,26,30). The average molecular weight is 501 g/mol. The monoisotopic (exact) mass is 500 g/mol. The number of alkyl carbamates (subject to hydrolysis) is 1. The second kappa shape index (κ2) is 11.0. The molecule has 1 N–H and O–H groups in total. The third kappa shape index (κ3) is 6.60. The number of carbonyl (C=O) groups excluding carboxylic acids is 2. The number of amides is 2. The van der Waals surface area contributed by atoms with Crippen molar-refractivity contribution in [2.75, 3.05) is 32.8 Å². The number of benzene rings is 1. The topological polar surface area (TPSA) is 112 Å². The summed E-state index contributed by atoms with van der Waals surface area (Å²) in [6.07, 6.45) is 0.806. The molecule has 0 aliphatic rings. The molecule has 0 aliphatic carbocycles. The van der Waals surface area contributed by atoms with Gasteiger partial charge in [-0.25, -0.2) is 14.8 Å². The number of methoxy groups -OCH3 is 3. The van der Waals surface area contributed by atoms with Crippen molar-refractivity contribution in [1.82, 2.24) is 15.3 Å². The highest BCUT2D eigenvalue weighted by atomic mass is 32.1. The minimum atomic E-state index is -0.693. The van der Waals surface area contributed by atoms with Crippen LogP contribution in [-0.2, 0) is 9.53 Å². The summed E-state index contributed by atoms with van der Waals surface area (Å²) in [4.78, 5) is 35.6. The number of ether oxygens (including phenoxy) is 4. The van der Waals surface area contributed by atoms with Crippen molar-refractivity contribution in [3.05, 3.63) is 41.9 Å². The van der Waals surface area contributed by atoms with E-state index in [2.05, 4.69) is 15.3 Å². The van der Waals surface area contributed by atoms with E-state index < -0.39 is 17.6 Å². The van der Waals surface area contributed by atoms with Crippen LogP contribution in [0.4, 0.5) is 15.6 Å². The molecule has 1 aromatic carbocycles. The largest absolute Gasteiger partial charge is 0.497 e. The van der Waals surface area contributed by atoms with Crippen LogP contribution in [0.2, 0.25) is 0 Å². The Hall–Kier alpha value is -3.86. The molecule has 0 unspecified atom stereocenters. The third-order valence-electron chi connectivity index (χ3n) is 4.59. The van der Waals surface area contributed by atoms with Crippen molar-refractivity contribution in [1.29, 1.82) is 0 Å². The lowest BCUT2D eigenvalue weighted by atomic mass is 10.1. The lowest BCUT2D eigenvalue weighted by molar-refractivity contribution is -0.117. The van der Waals surface area contributed by atoms with E-state index in [4.69, 9.17) is 18.9 Å². The molecule has 0 atom stereocenters. The maximum Gasteiger partial charge on any atom is 0.408 e. The molecule has 11 heteroatoms. The highest BCUT2D eigenvalue weighted by Gasteiger charge is 2.24. The highest BCUT2D eigenvalue weighted by Crippen LogP contribution is 2.37. The number of hydrogen-bond acceptors (Lipinski definition) is 9. The molecular formula is C24H28N4O6S. The van der Waals surface area contributed by atoms with E-state index in [1.807, 2.05) is 11.4 Å². The number of aromatic nitrogens is 2. The van der Waals surface area contributed by atoms with Gasteiger partial charge in [-0.05, 0) is 39.0 Å². The maximum absolute atomic E-state index is 13.2. The van der Waals surface area contributed by atoms with Gasteiger partial charge in [-0.15, -0.1) is 11.3 Å². The molecule has 0 saturated heterocycles. The SMILES string of the molecule is COc1ccc(-c2csc(N(C(=O)CNC(=O)OC(C)(C)C)c3ccc(OC)nc3)n2)c(OC)c1. The molecular weight excluding hydrogens is 472 g/mol. The molecule has 10 nitrogen and oxygen atoms in total. The fourth-order valence-corrected chi connectivity index (χ4v) is 3.89. The Balaban J connectivity index is 1.92. The Morgan fingerprint density at radius 2 is 1.83 bits per heavy atom. The molecule has 0 fully saturated rings. The second-order valence-electron chi connectivity index (χ2n) is 8.22. The van der Waals surface area contributed by atoms with Gasteiger partial charge in [0.25, 0.3) is 5.91 Å². The molecule has 186 valence electrons. The minimum absolute atomic E-state index is 0.304. The molecule has 2 aromatic heterocycles. The quantitative estimate of drug-likeness (QED) is 0.484. The zero-order valence-electron chi connectivity index (χ0n) is 20.4. The molecule has 0 radical (unpaired) electrons. The number of anilines is 2. The van der Waals surface area contributed by atoms with Crippen LogP contribution in [0.3, 0.4) is 0 Å². The molecule has 0 spiro atoms. The first kappa shape index (κ1) is 25.8. The van der Waals surface area contributed by atoms with Crippen LogP contribution in [0.25, 0.3) is 11.3 Å². The summed E-state index contributed by atoms with van der Waals surface area (Å²) in [6.45, 7) is 4.93. The van der Waals surface area contributed by atoms with Gasteiger partial charge in [0.15, 0.2) is 5.13 Å². The number of hydrogen-bond donors (Lipinski definition) is 1. The van der Waals surface area contributed by atoms with Crippen LogP contribution < -0.4 is 24.4 Å². The van der Waals surface area contributed by atoms with Gasteiger partial charge >= 0.3 is 6.09 Å². The van der Waals surface area contributed by atoms with E-state index in [1.165, 1.54) is 29.5 Å². The summed E-state index contributed by atoms with van der Waals surface area (Å²) in [5, 5.41) is 4.70. The lowest BCUT2D eigenvalue weighted by Crippen LogP contribution is -2.40. The van der Waals surface area contributed by atoms with Gasteiger partial charge in [0.2, 0.25) is 5.88 Å². The Morgan fingerprint density at radius 1 is 1.06 bits per heavy atom. The molecule has 2 heterocycles. The number of rotatable bonds is 8. The molecule has 0 aliphatic heterocycles. The van der Waals surface area contributed by atoms with Crippen molar-refractivity contribution < 1.29 is 28.5 Å². The summed E-state index contributed by atoms with van der Waals surface area (Å²) in [7, 11) is 4.64. The van der Waals surface area contributed by atoms with Crippen LogP contribution in [0.15, 0.2) is 41.9 Å². The van der Waals surface area contributed by atoms with Gasteiger partial charge in [0, 0.05) is 23.1 Å². The Bertz CT molecular complexity index is 1170. The molecule has 3 aromatic rings. The number of carbonyl (C=O) groups is 2. The van der Waals surface area contributed by atoms with Crippen molar-refractivity contribution in [2.45, 2.75) is 26.4 Å². The Labute approximate surface area is 207 Å². The van der Waals surface area contributed by atoms with E-state index in [-0.39, 0.29) is 6.54 Å². The Kier molecular flexibility index (Phi) is 8.13. The lowest BCUT2D eigenvalue weighted by Gasteiger charge is -2.22. The normalized spacial score (nSPS) is 10.9. The van der Waals surface area contributed by atoms with Crippen LogP contribution in [0.5, 0.6) is 17.4 Å². The van der Waals surface area contributed by atoms with E-state index in [1.54, 1.807) is 59.3 Å². The van der Waals surface area contributed by atoms with Gasteiger partial charge in [-0.3, -0.25) is 9.69 Å². The van der Waals surface area contributed by atoms with Gasteiger partial charge in [-0.2, -0.15) is 0 Å². The fourth-order valence-electron chi connectivity index (χ4n) is 3.03. The first-order valence-corrected chi connectivity index (χ1v) is 11.5. The van der Waals surface area contributed by atoms with E-state index in [9.17, 15) is 9.59 Å². The van der Waals surface area contributed by atoms with Gasteiger partial charge in [0.05, 0.1) is 38.9 Å². The summed E-state index contributed by atoms with van der Waals surface area (Å²) in [6, 6.07) is 8.72. The van der Waals surface area contributed by atoms with Crippen LogP contribution in [0.1, 0.15) is 20.8 Å². The summed E-state index contributed by atoms with van der Waals surface area (Å²) in [5.41, 5.74) is 1.13. The first-order chi connectivity index (χ1) is 16.6. The summed E-state index contributed by atoms with van der Waals surface area (Å²) >= 11 is 1.26. The number of thiazole rings is 1. The first-order valence-electron chi connectivity index (χ1n) is 10.6. The Morgan fingerprint density at radius 3 is 2.43 bits per heavy atom. The molecule has 0 saturated carbocycles. The van der Waals surface area contributed by atoms with Crippen molar-refractivity contribution in [3.63, 3.8) is 0 Å². The number of nitrogens with one attached hydrogen (secondary N) is 1. The van der Waals surface area contributed by atoms with Crippen LogP contribution in [0, 0.1) is 0 Å². The molecule has 2 amide bonds. The summed E-state index contributed by atoms with van der Waals surface area (Å²) < 4.78 is 21.1. The molecule has 35 heavy (non-hydrogen) atoms. The van der Waals surface area contributed by atoms with Gasteiger partial charge < -0.3 is 24.3 Å². The number of pyridine rings is 1. The van der Waals surface area contributed by atoms with Crippen LogP contribution in [-0.4, -0.2) is 55.4 Å². The van der Waals surface area contributed by atoms with Crippen LogP contribution >= 0.6 is 11.3 Å². The molecule has 0 bridgehead atoms. The van der Waals surface area contributed by atoms with Gasteiger partial charge in [0.1, 0.15) is 23.6 Å². The van der Waals surface area contributed by atoms with Crippen molar-refractivity contribution >= 4 is 34.2 Å². The fraction of sp³-hybridized carbons (Fsp3) is 0.333. The van der Waals surface area contributed by atoms with Crippen molar-refractivity contribution in [3.8, 4) is 28.6 Å².